The number of fused-ring (bicyclic) bond motifs is 1. The molecular formula is C24H22Cl2FN5. The average molecular weight is 470 g/mol. The fourth-order valence-corrected chi connectivity index (χ4v) is 4.75. The average Bonchev–Trinajstić information content (AvgIpc) is 3.42. The van der Waals surface area contributed by atoms with Crippen molar-refractivity contribution in [2.45, 2.75) is 25.8 Å². The van der Waals surface area contributed by atoms with E-state index in [1.165, 1.54) is 12.1 Å². The predicted molar refractivity (Wildman–Crippen MR) is 126 cm³/mol. The Bertz CT molecular complexity index is 1230. The first-order chi connectivity index (χ1) is 15.6. The zero-order valence-electron chi connectivity index (χ0n) is 17.4. The van der Waals surface area contributed by atoms with Crippen molar-refractivity contribution in [1.82, 2.24) is 24.8 Å². The summed E-state index contributed by atoms with van der Waals surface area (Å²) in [6.45, 7) is 2.74. The highest BCUT2D eigenvalue weighted by atomic mass is 35.5. The Kier molecular flexibility index (Phi) is 6.09. The van der Waals surface area contributed by atoms with E-state index < -0.39 is 0 Å². The van der Waals surface area contributed by atoms with E-state index in [0.717, 1.165) is 49.5 Å². The molecule has 3 heterocycles. The fraction of sp³-hybridized carbons (Fsp3) is 0.292. The predicted octanol–water partition coefficient (Wildman–Crippen LogP) is 5.33. The standard InChI is InChI=1S/C24H22Cl2FN5/c25-18-2-1-3-19(26)22(18)24-30-20-13-29-21(9-6-15-4-7-17(27)8-5-15)31-23(20)32(24)14-16-10-11-28-12-16/h1-5,7-8,13,16,28H,6,9-12,14H2. The maximum Gasteiger partial charge on any atom is 0.164 e. The van der Waals surface area contributed by atoms with Gasteiger partial charge >= 0.3 is 0 Å². The molecule has 1 N–H and O–H groups in total. The van der Waals surface area contributed by atoms with Gasteiger partial charge in [-0.1, -0.05) is 41.4 Å². The number of hydrogen-bond acceptors (Lipinski definition) is 4. The van der Waals surface area contributed by atoms with Gasteiger partial charge in [0, 0.05) is 13.0 Å². The second-order valence-electron chi connectivity index (χ2n) is 8.12. The lowest BCUT2D eigenvalue weighted by atomic mass is 10.1. The van der Waals surface area contributed by atoms with Gasteiger partial charge in [-0.05, 0) is 61.7 Å². The second-order valence-corrected chi connectivity index (χ2v) is 8.94. The molecule has 1 aliphatic rings. The summed E-state index contributed by atoms with van der Waals surface area (Å²) >= 11 is 13.1. The van der Waals surface area contributed by atoms with Crippen LogP contribution in [0.5, 0.6) is 0 Å². The summed E-state index contributed by atoms with van der Waals surface area (Å²) in [6, 6.07) is 12.0. The number of aromatic nitrogens is 4. The van der Waals surface area contributed by atoms with Gasteiger partial charge in [-0.3, -0.25) is 0 Å². The van der Waals surface area contributed by atoms with E-state index in [-0.39, 0.29) is 5.82 Å². The Morgan fingerprint density at radius 2 is 1.81 bits per heavy atom. The van der Waals surface area contributed by atoms with Gasteiger partial charge in [-0.25, -0.2) is 19.3 Å². The molecule has 4 aromatic rings. The Morgan fingerprint density at radius 3 is 2.53 bits per heavy atom. The molecule has 5 nitrogen and oxygen atoms in total. The molecular weight excluding hydrogens is 448 g/mol. The number of hydrogen-bond donors (Lipinski definition) is 1. The highest BCUT2D eigenvalue weighted by Gasteiger charge is 2.23. The first kappa shape index (κ1) is 21.3. The van der Waals surface area contributed by atoms with Gasteiger partial charge in [-0.15, -0.1) is 0 Å². The van der Waals surface area contributed by atoms with Crippen molar-refractivity contribution in [3.63, 3.8) is 0 Å². The van der Waals surface area contributed by atoms with Crippen LogP contribution in [0.15, 0.2) is 48.7 Å². The van der Waals surface area contributed by atoms with Crippen molar-refractivity contribution in [2.75, 3.05) is 13.1 Å². The molecule has 1 atom stereocenters. The van der Waals surface area contributed by atoms with E-state index in [0.29, 0.717) is 39.3 Å². The Morgan fingerprint density at radius 1 is 1.03 bits per heavy atom. The lowest BCUT2D eigenvalue weighted by Gasteiger charge is -2.15. The van der Waals surface area contributed by atoms with E-state index >= 15 is 0 Å². The third-order valence-corrected chi connectivity index (χ3v) is 6.51. The van der Waals surface area contributed by atoms with Crippen LogP contribution in [0.4, 0.5) is 4.39 Å². The first-order valence-corrected chi connectivity index (χ1v) is 11.5. The van der Waals surface area contributed by atoms with E-state index in [2.05, 4.69) is 14.9 Å². The summed E-state index contributed by atoms with van der Waals surface area (Å²) in [7, 11) is 0. The van der Waals surface area contributed by atoms with Crippen LogP contribution >= 0.6 is 23.2 Å². The number of benzene rings is 2. The topological polar surface area (TPSA) is 55.6 Å². The Balaban J connectivity index is 1.54. The van der Waals surface area contributed by atoms with Crippen LogP contribution in [0.25, 0.3) is 22.6 Å². The summed E-state index contributed by atoms with van der Waals surface area (Å²) in [5.74, 6) is 1.68. The minimum Gasteiger partial charge on any atom is -0.316 e. The van der Waals surface area contributed by atoms with E-state index in [1.54, 1.807) is 18.3 Å². The summed E-state index contributed by atoms with van der Waals surface area (Å²) in [4.78, 5) is 14.2. The molecule has 1 fully saturated rings. The van der Waals surface area contributed by atoms with Crippen molar-refractivity contribution >= 4 is 34.4 Å². The van der Waals surface area contributed by atoms with Crippen LogP contribution in [0, 0.1) is 11.7 Å². The van der Waals surface area contributed by atoms with Gasteiger partial charge in [0.25, 0.3) is 0 Å². The number of halogens is 3. The largest absolute Gasteiger partial charge is 0.316 e. The molecule has 0 spiro atoms. The molecule has 5 rings (SSSR count). The molecule has 0 bridgehead atoms. The molecule has 2 aromatic heterocycles. The fourth-order valence-electron chi connectivity index (χ4n) is 4.19. The number of imidazole rings is 1. The van der Waals surface area contributed by atoms with Crippen LogP contribution in [0.2, 0.25) is 10.0 Å². The van der Waals surface area contributed by atoms with Crippen LogP contribution in [-0.4, -0.2) is 32.6 Å². The summed E-state index contributed by atoms with van der Waals surface area (Å²) in [5, 5.41) is 4.54. The van der Waals surface area contributed by atoms with Crippen molar-refractivity contribution in [2.24, 2.45) is 5.92 Å². The van der Waals surface area contributed by atoms with Crippen LogP contribution < -0.4 is 5.32 Å². The maximum absolute atomic E-state index is 13.2. The van der Waals surface area contributed by atoms with Crippen LogP contribution in [0.3, 0.4) is 0 Å². The zero-order valence-corrected chi connectivity index (χ0v) is 18.9. The van der Waals surface area contributed by atoms with E-state index in [1.807, 2.05) is 18.2 Å². The van der Waals surface area contributed by atoms with Gasteiger partial charge in [0.05, 0.1) is 21.8 Å². The number of nitrogens with one attached hydrogen (secondary N) is 1. The quantitative estimate of drug-likeness (QED) is 0.414. The molecule has 1 aliphatic heterocycles. The number of rotatable bonds is 6. The molecule has 164 valence electrons. The smallest absolute Gasteiger partial charge is 0.164 e. The van der Waals surface area contributed by atoms with Crippen molar-refractivity contribution < 1.29 is 4.39 Å². The van der Waals surface area contributed by atoms with Crippen LogP contribution in [-0.2, 0) is 19.4 Å². The lowest BCUT2D eigenvalue weighted by molar-refractivity contribution is 0.490. The second kappa shape index (κ2) is 9.14. The van der Waals surface area contributed by atoms with E-state index in [9.17, 15) is 4.39 Å². The number of nitrogens with zero attached hydrogens (tertiary/aromatic N) is 4. The molecule has 2 aromatic carbocycles. The monoisotopic (exact) mass is 469 g/mol. The Labute approximate surface area is 195 Å². The highest BCUT2D eigenvalue weighted by Crippen LogP contribution is 2.36. The number of aryl methyl sites for hydroxylation is 2. The SMILES string of the molecule is Fc1ccc(CCc2ncc3nc(-c4c(Cl)cccc4Cl)n(CC4CCNC4)c3n2)cc1. The van der Waals surface area contributed by atoms with Crippen molar-refractivity contribution in [1.29, 1.82) is 0 Å². The van der Waals surface area contributed by atoms with Crippen molar-refractivity contribution in [3.05, 3.63) is 75.9 Å². The van der Waals surface area contributed by atoms with Gasteiger partial charge in [-0.2, -0.15) is 0 Å². The molecule has 0 aliphatic carbocycles. The molecule has 1 saturated heterocycles. The van der Waals surface area contributed by atoms with Gasteiger partial charge < -0.3 is 9.88 Å². The summed E-state index contributed by atoms with van der Waals surface area (Å²) < 4.78 is 15.3. The minimum atomic E-state index is -0.234. The normalized spacial score (nSPS) is 16.2. The minimum absolute atomic E-state index is 0.234. The van der Waals surface area contributed by atoms with Crippen LogP contribution in [0.1, 0.15) is 17.8 Å². The molecule has 1 unspecified atom stereocenters. The van der Waals surface area contributed by atoms with Gasteiger partial charge in [0.2, 0.25) is 0 Å². The summed E-state index contributed by atoms with van der Waals surface area (Å²) in [5.41, 5.74) is 3.26. The first-order valence-electron chi connectivity index (χ1n) is 10.7. The lowest BCUT2D eigenvalue weighted by Crippen LogP contribution is -2.16. The molecule has 0 saturated carbocycles. The zero-order chi connectivity index (χ0) is 22.1. The third-order valence-electron chi connectivity index (χ3n) is 5.88. The molecule has 32 heavy (non-hydrogen) atoms. The van der Waals surface area contributed by atoms with Gasteiger partial charge in [0.1, 0.15) is 23.0 Å². The molecule has 0 amide bonds. The maximum atomic E-state index is 13.2. The Hall–Kier alpha value is -2.54. The van der Waals surface area contributed by atoms with E-state index in [4.69, 9.17) is 33.2 Å². The molecule has 8 heteroatoms. The third kappa shape index (κ3) is 4.35. The summed E-state index contributed by atoms with van der Waals surface area (Å²) in [6.07, 6.45) is 4.24. The molecule has 0 radical (unpaired) electrons. The van der Waals surface area contributed by atoms with Crippen molar-refractivity contribution in [3.8, 4) is 11.4 Å². The van der Waals surface area contributed by atoms with Gasteiger partial charge in [0.15, 0.2) is 5.65 Å². The highest BCUT2D eigenvalue weighted by molar-refractivity contribution is 6.39.